The van der Waals surface area contributed by atoms with Crippen LogP contribution in [0, 0.1) is 5.92 Å². The maximum atomic E-state index is 5.60. The van der Waals surface area contributed by atoms with Crippen LogP contribution < -0.4 is 10.5 Å². The van der Waals surface area contributed by atoms with Gasteiger partial charge in [-0.15, -0.1) is 0 Å². The molecule has 3 heteroatoms. The first-order valence-corrected chi connectivity index (χ1v) is 5.63. The van der Waals surface area contributed by atoms with Crippen molar-refractivity contribution in [3.05, 3.63) is 29.8 Å². The summed E-state index contributed by atoms with van der Waals surface area (Å²) in [7, 11) is 1.67. The largest absolute Gasteiger partial charge is 0.493 e. The van der Waals surface area contributed by atoms with Crippen molar-refractivity contribution >= 4 is 0 Å². The molecule has 16 heavy (non-hydrogen) atoms. The minimum absolute atomic E-state index is 0.0286. The summed E-state index contributed by atoms with van der Waals surface area (Å²) in [5, 5.41) is 0. The number of methoxy groups -OCH3 is 1. The molecule has 1 rings (SSSR count). The molecule has 0 aliphatic heterocycles. The van der Waals surface area contributed by atoms with Crippen LogP contribution in [0.4, 0.5) is 0 Å². The first-order chi connectivity index (χ1) is 7.67. The second kappa shape index (κ2) is 6.51. The van der Waals surface area contributed by atoms with E-state index in [1.807, 2.05) is 24.3 Å². The first-order valence-electron chi connectivity index (χ1n) is 5.63. The Bertz CT molecular complexity index is 291. The molecule has 0 aromatic heterocycles. The van der Waals surface area contributed by atoms with Crippen LogP contribution in [-0.2, 0) is 4.74 Å². The summed E-state index contributed by atoms with van der Waals surface area (Å²) in [5.74, 6) is 1.43. The van der Waals surface area contributed by atoms with Crippen molar-refractivity contribution < 1.29 is 9.47 Å². The molecular formula is C13H21NO2. The predicted octanol–water partition coefficient (Wildman–Crippen LogP) is 2.37. The van der Waals surface area contributed by atoms with Crippen LogP contribution in [0.2, 0.25) is 0 Å². The lowest BCUT2D eigenvalue weighted by molar-refractivity contribution is 0.110. The molecule has 0 bridgehead atoms. The molecule has 0 amide bonds. The lowest BCUT2D eigenvalue weighted by Gasteiger charge is -2.14. The Morgan fingerprint density at radius 2 is 1.81 bits per heavy atom. The minimum Gasteiger partial charge on any atom is -0.493 e. The topological polar surface area (TPSA) is 44.5 Å². The highest BCUT2D eigenvalue weighted by atomic mass is 16.5. The molecule has 0 saturated heterocycles. The molecule has 1 unspecified atom stereocenters. The fourth-order valence-corrected chi connectivity index (χ4v) is 1.41. The summed E-state index contributed by atoms with van der Waals surface area (Å²) in [4.78, 5) is 0. The van der Waals surface area contributed by atoms with Gasteiger partial charge in [0.1, 0.15) is 5.75 Å². The van der Waals surface area contributed by atoms with Crippen LogP contribution in [-0.4, -0.2) is 20.3 Å². The Morgan fingerprint density at radius 3 is 2.25 bits per heavy atom. The van der Waals surface area contributed by atoms with Crippen LogP contribution in [0.5, 0.6) is 5.75 Å². The zero-order valence-electron chi connectivity index (χ0n) is 10.3. The van der Waals surface area contributed by atoms with Crippen molar-refractivity contribution in [3.63, 3.8) is 0 Å². The zero-order valence-corrected chi connectivity index (χ0v) is 10.3. The fourth-order valence-electron chi connectivity index (χ4n) is 1.41. The van der Waals surface area contributed by atoms with Crippen LogP contribution in [0.3, 0.4) is 0 Å². The van der Waals surface area contributed by atoms with Crippen LogP contribution >= 0.6 is 0 Å². The van der Waals surface area contributed by atoms with Gasteiger partial charge in [0.25, 0.3) is 0 Å². The van der Waals surface area contributed by atoms with E-state index in [-0.39, 0.29) is 6.10 Å². The lowest BCUT2D eigenvalue weighted by Crippen LogP contribution is -2.14. The Kier molecular flexibility index (Phi) is 5.29. The van der Waals surface area contributed by atoms with Crippen molar-refractivity contribution in [3.8, 4) is 5.75 Å². The summed E-state index contributed by atoms with van der Waals surface area (Å²) in [6, 6.07) is 7.91. The molecule has 0 heterocycles. The standard InChI is InChI=1S/C13H21NO2/c1-10(2)9-16-12-6-4-11(5-7-12)13(8-14)15-3/h4-7,10,13H,8-9,14H2,1-3H3. The number of rotatable bonds is 6. The van der Waals surface area contributed by atoms with E-state index in [4.69, 9.17) is 15.2 Å². The van der Waals surface area contributed by atoms with Gasteiger partial charge in [-0.2, -0.15) is 0 Å². The van der Waals surface area contributed by atoms with Crippen LogP contribution in [0.25, 0.3) is 0 Å². The van der Waals surface area contributed by atoms with E-state index in [0.717, 1.165) is 17.9 Å². The number of hydrogen-bond donors (Lipinski definition) is 1. The van der Waals surface area contributed by atoms with Gasteiger partial charge in [-0.25, -0.2) is 0 Å². The van der Waals surface area contributed by atoms with Crippen molar-refractivity contribution in [1.82, 2.24) is 0 Å². The van der Waals surface area contributed by atoms with Crippen LogP contribution in [0.1, 0.15) is 25.5 Å². The summed E-state index contributed by atoms with van der Waals surface area (Å²) < 4.78 is 10.9. The normalized spacial score (nSPS) is 12.8. The summed E-state index contributed by atoms with van der Waals surface area (Å²) >= 11 is 0. The Hall–Kier alpha value is -1.06. The quantitative estimate of drug-likeness (QED) is 0.805. The van der Waals surface area contributed by atoms with E-state index in [2.05, 4.69) is 13.8 Å². The maximum Gasteiger partial charge on any atom is 0.119 e. The number of hydrogen-bond acceptors (Lipinski definition) is 3. The molecule has 1 atom stereocenters. The highest BCUT2D eigenvalue weighted by molar-refractivity contribution is 5.28. The number of ether oxygens (including phenoxy) is 2. The van der Waals surface area contributed by atoms with E-state index in [1.54, 1.807) is 7.11 Å². The molecule has 0 aliphatic rings. The average molecular weight is 223 g/mol. The molecule has 2 N–H and O–H groups in total. The van der Waals surface area contributed by atoms with E-state index in [0.29, 0.717) is 12.5 Å². The highest BCUT2D eigenvalue weighted by Gasteiger charge is 2.07. The summed E-state index contributed by atoms with van der Waals surface area (Å²) in [6.07, 6.45) is -0.0286. The molecular weight excluding hydrogens is 202 g/mol. The van der Waals surface area contributed by atoms with Gasteiger partial charge in [-0.3, -0.25) is 0 Å². The second-order valence-electron chi connectivity index (χ2n) is 4.23. The van der Waals surface area contributed by atoms with Crippen LogP contribution in [0.15, 0.2) is 24.3 Å². The predicted molar refractivity (Wildman–Crippen MR) is 65.6 cm³/mol. The maximum absolute atomic E-state index is 5.60. The van der Waals surface area contributed by atoms with Gasteiger partial charge in [0.15, 0.2) is 0 Å². The Labute approximate surface area is 97.6 Å². The third-order valence-electron chi connectivity index (χ3n) is 2.33. The van der Waals surface area contributed by atoms with E-state index >= 15 is 0 Å². The monoisotopic (exact) mass is 223 g/mol. The van der Waals surface area contributed by atoms with Gasteiger partial charge in [-0.05, 0) is 23.6 Å². The SMILES string of the molecule is COC(CN)c1ccc(OCC(C)C)cc1. The second-order valence-corrected chi connectivity index (χ2v) is 4.23. The molecule has 90 valence electrons. The minimum atomic E-state index is -0.0286. The highest BCUT2D eigenvalue weighted by Crippen LogP contribution is 2.19. The molecule has 1 aromatic rings. The lowest BCUT2D eigenvalue weighted by atomic mass is 10.1. The average Bonchev–Trinajstić information content (AvgIpc) is 2.29. The summed E-state index contributed by atoms with van der Waals surface area (Å²) in [6.45, 7) is 5.49. The Morgan fingerprint density at radius 1 is 1.19 bits per heavy atom. The zero-order chi connectivity index (χ0) is 12.0. The van der Waals surface area contributed by atoms with Gasteiger partial charge in [0.2, 0.25) is 0 Å². The van der Waals surface area contributed by atoms with Crippen molar-refractivity contribution in [2.45, 2.75) is 20.0 Å². The van der Waals surface area contributed by atoms with Gasteiger partial charge in [0.05, 0.1) is 12.7 Å². The van der Waals surface area contributed by atoms with Gasteiger partial charge >= 0.3 is 0 Å². The molecule has 0 aliphatic carbocycles. The van der Waals surface area contributed by atoms with Gasteiger partial charge in [0, 0.05) is 13.7 Å². The number of nitrogens with two attached hydrogens (primary N) is 1. The van der Waals surface area contributed by atoms with Gasteiger partial charge < -0.3 is 15.2 Å². The van der Waals surface area contributed by atoms with Crippen molar-refractivity contribution in [1.29, 1.82) is 0 Å². The molecule has 1 aromatic carbocycles. The van der Waals surface area contributed by atoms with Crippen molar-refractivity contribution in [2.24, 2.45) is 11.7 Å². The van der Waals surface area contributed by atoms with E-state index in [9.17, 15) is 0 Å². The molecule has 0 spiro atoms. The smallest absolute Gasteiger partial charge is 0.119 e. The fraction of sp³-hybridized carbons (Fsp3) is 0.538. The van der Waals surface area contributed by atoms with Crippen molar-refractivity contribution in [2.75, 3.05) is 20.3 Å². The molecule has 3 nitrogen and oxygen atoms in total. The number of benzene rings is 1. The Balaban J connectivity index is 2.60. The molecule has 0 saturated carbocycles. The first kappa shape index (κ1) is 13.0. The van der Waals surface area contributed by atoms with E-state index in [1.165, 1.54) is 0 Å². The molecule has 0 radical (unpaired) electrons. The third kappa shape index (κ3) is 3.83. The van der Waals surface area contributed by atoms with E-state index < -0.39 is 0 Å². The third-order valence-corrected chi connectivity index (χ3v) is 2.33. The molecule has 0 fully saturated rings. The summed E-state index contributed by atoms with van der Waals surface area (Å²) in [5.41, 5.74) is 6.68. The van der Waals surface area contributed by atoms with Gasteiger partial charge in [-0.1, -0.05) is 26.0 Å².